The average Bonchev–Trinajstić information content (AvgIpc) is 3.42. The number of rotatable bonds is 6. The molecule has 5 rings (SSSR count). The van der Waals surface area contributed by atoms with E-state index in [9.17, 15) is 4.79 Å². The molecule has 0 radical (unpaired) electrons. The van der Waals surface area contributed by atoms with Crippen LogP contribution in [0.5, 0.6) is 16.7 Å². The van der Waals surface area contributed by atoms with E-state index in [4.69, 9.17) is 14.2 Å². The van der Waals surface area contributed by atoms with Crippen molar-refractivity contribution in [1.82, 2.24) is 20.1 Å². The maximum atomic E-state index is 12.8. The van der Waals surface area contributed by atoms with Crippen LogP contribution in [0.4, 0.5) is 0 Å². The number of methoxy groups -OCH3 is 2. The van der Waals surface area contributed by atoms with Crippen molar-refractivity contribution in [3.8, 4) is 28.0 Å². The summed E-state index contributed by atoms with van der Waals surface area (Å²) in [4.78, 5) is 19.0. The normalized spacial score (nSPS) is 13.8. The molecule has 1 aliphatic heterocycles. The molecule has 0 bridgehead atoms. The predicted octanol–water partition coefficient (Wildman–Crippen LogP) is 3.61. The molecule has 0 unspecified atom stereocenters. The second kappa shape index (κ2) is 7.92. The fourth-order valence-corrected chi connectivity index (χ4v) is 4.36. The van der Waals surface area contributed by atoms with Crippen molar-refractivity contribution in [2.24, 2.45) is 0 Å². The highest BCUT2D eigenvalue weighted by atomic mass is 32.1. The monoisotopic (exact) mass is 436 g/mol. The van der Waals surface area contributed by atoms with Crippen LogP contribution in [-0.2, 0) is 0 Å². The van der Waals surface area contributed by atoms with Crippen LogP contribution in [0.25, 0.3) is 21.5 Å². The van der Waals surface area contributed by atoms with E-state index in [-0.39, 0.29) is 12.0 Å². The second-order valence-electron chi connectivity index (χ2n) is 7.13. The van der Waals surface area contributed by atoms with Crippen molar-refractivity contribution in [3.63, 3.8) is 0 Å². The largest absolute Gasteiger partial charge is 0.497 e. The Morgan fingerprint density at radius 1 is 1.13 bits per heavy atom. The van der Waals surface area contributed by atoms with Gasteiger partial charge in [0.05, 0.1) is 43.2 Å². The van der Waals surface area contributed by atoms with Crippen molar-refractivity contribution in [2.75, 3.05) is 27.3 Å². The first-order valence-corrected chi connectivity index (χ1v) is 10.6. The minimum atomic E-state index is -0.121. The van der Waals surface area contributed by atoms with Gasteiger partial charge in [0.1, 0.15) is 23.3 Å². The molecule has 0 aliphatic carbocycles. The quantitative estimate of drug-likeness (QED) is 0.497. The van der Waals surface area contributed by atoms with Crippen LogP contribution in [0, 0.1) is 0 Å². The van der Waals surface area contributed by atoms with Crippen LogP contribution in [-0.4, -0.2) is 59.4 Å². The number of nitrogens with one attached hydrogen (secondary N) is 1. The summed E-state index contributed by atoms with van der Waals surface area (Å²) in [5.41, 5.74) is 2.70. The lowest BCUT2D eigenvalue weighted by Gasteiger charge is -2.37. The summed E-state index contributed by atoms with van der Waals surface area (Å²) in [5.74, 6) is 1.22. The minimum absolute atomic E-state index is 0.0645. The Morgan fingerprint density at radius 3 is 2.74 bits per heavy atom. The van der Waals surface area contributed by atoms with Gasteiger partial charge in [-0.25, -0.2) is 4.98 Å². The first kappa shape index (κ1) is 19.4. The molecule has 2 aromatic heterocycles. The van der Waals surface area contributed by atoms with Crippen LogP contribution in [0.2, 0.25) is 0 Å². The van der Waals surface area contributed by atoms with Gasteiger partial charge in [0, 0.05) is 5.56 Å². The number of benzene rings is 2. The highest BCUT2D eigenvalue weighted by Gasteiger charge is 2.34. The Kier molecular flexibility index (Phi) is 4.95. The molecule has 1 fully saturated rings. The van der Waals surface area contributed by atoms with Crippen molar-refractivity contribution in [3.05, 3.63) is 54.2 Å². The number of aromatic amines is 1. The van der Waals surface area contributed by atoms with Gasteiger partial charge in [-0.05, 0) is 36.4 Å². The summed E-state index contributed by atoms with van der Waals surface area (Å²) < 4.78 is 17.7. The molecule has 1 amide bonds. The van der Waals surface area contributed by atoms with Crippen molar-refractivity contribution in [1.29, 1.82) is 0 Å². The van der Waals surface area contributed by atoms with Gasteiger partial charge in [-0.15, -0.1) is 0 Å². The Morgan fingerprint density at radius 2 is 1.97 bits per heavy atom. The van der Waals surface area contributed by atoms with E-state index in [0.29, 0.717) is 41.2 Å². The molecule has 1 aliphatic rings. The third kappa shape index (κ3) is 3.68. The number of para-hydroxylation sites is 1. The van der Waals surface area contributed by atoms with Crippen LogP contribution in [0.1, 0.15) is 10.5 Å². The zero-order valence-corrected chi connectivity index (χ0v) is 17.8. The Hall–Kier alpha value is -3.59. The Balaban J connectivity index is 1.25. The number of aromatic nitrogens is 3. The molecular weight excluding hydrogens is 416 g/mol. The van der Waals surface area contributed by atoms with Crippen LogP contribution < -0.4 is 14.2 Å². The molecule has 158 valence electrons. The maximum Gasteiger partial charge on any atom is 0.274 e. The summed E-state index contributed by atoms with van der Waals surface area (Å²) >= 11 is 1.51. The van der Waals surface area contributed by atoms with E-state index in [1.807, 2.05) is 42.5 Å². The van der Waals surface area contributed by atoms with E-state index in [0.717, 1.165) is 15.8 Å². The number of carbonyl (C=O) groups excluding carboxylic acids is 1. The Labute approximate surface area is 182 Å². The van der Waals surface area contributed by atoms with E-state index in [1.165, 1.54) is 11.3 Å². The summed E-state index contributed by atoms with van der Waals surface area (Å²) in [6.07, 6.45) is -0.0645. The van der Waals surface area contributed by atoms with Crippen LogP contribution >= 0.6 is 11.3 Å². The zero-order chi connectivity index (χ0) is 21.4. The summed E-state index contributed by atoms with van der Waals surface area (Å²) in [7, 11) is 3.19. The van der Waals surface area contributed by atoms with Crippen molar-refractivity contribution in [2.45, 2.75) is 6.10 Å². The minimum Gasteiger partial charge on any atom is -0.497 e. The number of thiazole rings is 1. The SMILES string of the molecule is COc1ccc(OC)c(-c2cc(C(=O)N3CC(Oc4nc5ccccc5s4)C3)[nH]n2)c1. The zero-order valence-electron chi connectivity index (χ0n) is 17.0. The average molecular weight is 436 g/mol. The van der Waals surface area contributed by atoms with Crippen molar-refractivity contribution < 1.29 is 19.0 Å². The predicted molar refractivity (Wildman–Crippen MR) is 117 cm³/mol. The molecule has 0 spiro atoms. The highest BCUT2D eigenvalue weighted by Crippen LogP contribution is 2.33. The van der Waals surface area contributed by atoms with E-state index in [1.54, 1.807) is 25.2 Å². The molecule has 8 nitrogen and oxygen atoms in total. The first-order valence-electron chi connectivity index (χ1n) is 9.74. The van der Waals surface area contributed by atoms with Crippen LogP contribution in [0.15, 0.2) is 48.5 Å². The summed E-state index contributed by atoms with van der Waals surface area (Å²) in [6, 6.07) is 15.1. The Bertz CT molecular complexity index is 1210. The number of likely N-dealkylation sites (tertiary alicyclic amines) is 1. The molecule has 0 saturated carbocycles. The van der Waals surface area contributed by atoms with Crippen molar-refractivity contribution >= 4 is 27.5 Å². The highest BCUT2D eigenvalue weighted by molar-refractivity contribution is 7.20. The standard InChI is InChI=1S/C22H20N4O4S/c1-28-13-7-8-19(29-2)15(9-13)17-10-18(25-24-17)21(27)26-11-14(12-26)30-22-23-16-5-3-4-6-20(16)31-22/h3-10,14H,11-12H2,1-2H3,(H,24,25). The van der Waals surface area contributed by atoms with Gasteiger partial charge >= 0.3 is 0 Å². The second-order valence-corrected chi connectivity index (χ2v) is 8.12. The third-order valence-corrected chi connectivity index (χ3v) is 6.10. The van der Waals surface area contributed by atoms with E-state index >= 15 is 0 Å². The number of ether oxygens (including phenoxy) is 3. The molecule has 1 saturated heterocycles. The number of amides is 1. The van der Waals surface area contributed by atoms with Gasteiger partial charge < -0.3 is 19.1 Å². The number of fused-ring (bicyclic) bond motifs is 1. The van der Waals surface area contributed by atoms with E-state index in [2.05, 4.69) is 15.2 Å². The molecule has 2 aromatic carbocycles. The molecule has 0 atom stereocenters. The van der Waals surface area contributed by atoms with Gasteiger partial charge in [-0.2, -0.15) is 5.10 Å². The van der Waals surface area contributed by atoms with Gasteiger partial charge in [0.15, 0.2) is 0 Å². The smallest absolute Gasteiger partial charge is 0.274 e. The molecule has 9 heteroatoms. The van der Waals surface area contributed by atoms with Gasteiger partial charge in [-0.1, -0.05) is 23.5 Å². The van der Waals surface area contributed by atoms with Crippen LogP contribution in [0.3, 0.4) is 0 Å². The lowest BCUT2D eigenvalue weighted by atomic mass is 10.1. The summed E-state index contributed by atoms with van der Waals surface area (Å²) in [6.45, 7) is 1.01. The lowest BCUT2D eigenvalue weighted by molar-refractivity contribution is 0.0173. The van der Waals surface area contributed by atoms with Gasteiger partial charge in [0.2, 0.25) is 0 Å². The maximum absolute atomic E-state index is 12.8. The van der Waals surface area contributed by atoms with Gasteiger partial charge in [-0.3, -0.25) is 9.89 Å². The molecule has 31 heavy (non-hydrogen) atoms. The third-order valence-electron chi connectivity index (χ3n) is 5.17. The fourth-order valence-electron chi connectivity index (χ4n) is 3.48. The lowest BCUT2D eigenvalue weighted by Crippen LogP contribution is -2.56. The number of hydrogen-bond acceptors (Lipinski definition) is 7. The van der Waals surface area contributed by atoms with E-state index < -0.39 is 0 Å². The fraction of sp³-hybridized carbons (Fsp3) is 0.227. The molecule has 3 heterocycles. The number of H-pyrrole nitrogens is 1. The first-order chi connectivity index (χ1) is 15.1. The molecule has 1 N–H and O–H groups in total. The number of hydrogen-bond donors (Lipinski definition) is 1. The number of nitrogens with zero attached hydrogens (tertiary/aromatic N) is 3. The molecule has 4 aromatic rings. The molecular formula is C22H20N4O4S. The topological polar surface area (TPSA) is 89.6 Å². The van der Waals surface area contributed by atoms with Gasteiger partial charge in [0.25, 0.3) is 11.1 Å². The number of carbonyl (C=O) groups is 1. The summed E-state index contributed by atoms with van der Waals surface area (Å²) in [5, 5.41) is 7.76.